The molecule has 1 saturated carbocycles. The van der Waals surface area contributed by atoms with E-state index in [1.807, 2.05) is 24.3 Å². The van der Waals surface area contributed by atoms with Gasteiger partial charge in [-0.1, -0.05) is 23.9 Å². The lowest BCUT2D eigenvalue weighted by molar-refractivity contribution is -0.125. The molecule has 0 radical (unpaired) electrons. The largest absolute Gasteiger partial charge is 0.431 e. The Hall–Kier alpha value is -3.00. The first-order valence-electron chi connectivity index (χ1n) is 9.45. The maximum Gasteiger partial charge on any atom is 0.262 e. The van der Waals surface area contributed by atoms with Crippen molar-refractivity contribution in [2.45, 2.75) is 38.0 Å². The van der Waals surface area contributed by atoms with Gasteiger partial charge in [0.25, 0.3) is 11.1 Å². The minimum absolute atomic E-state index is 0.0827. The average molecular weight is 410 g/mol. The SMILES string of the molecule is Cc1cc(/C=C/C(=O)NNC(=O)CSc2nc3ccccc3o2)c(C)n1C1CC1. The number of aryl methyl sites for hydroxylation is 1. The van der Waals surface area contributed by atoms with E-state index in [0.717, 1.165) is 16.8 Å². The van der Waals surface area contributed by atoms with Crippen molar-refractivity contribution in [1.29, 1.82) is 0 Å². The Morgan fingerprint density at radius 1 is 1.28 bits per heavy atom. The molecule has 2 heterocycles. The lowest BCUT2D eigenvalue weighted by Crippen LogP contribution is -2.41. The summed E-state index contributed by atoms with van der Waals surface area (Å²) in [6.45, 7) is 4.14. The summed E-state index contributed by atoms with van der Waals surface area (Å²) in [5.74, 6) is -0.647. The molecule has 1 fully saturated rings. The quantitative estimate of drug-likeness (QED) is 0.369. The van der Waals surface area contributed by atoms with Crippen LogP contribution in [0.1, 0.15) is 35.8 Å². The van der Waals surface area contributed by atoms with Crippen LogP contribution in [0.5, 0.6) is 0 Å². The number of fused-ring (bicyclic) bond motifs is 1. The minimum atomic E-state index is -0.388. The maximum atomic E-state index is 12.0. The van der Waals surface area contributed by atoms with Gasteiger partial charge in [0.15, 0.2) is 5.58 Å². The van der Waals surface area contributed by atoms with Crippen molar-refractivity contribution >= 4 is 40.8 Å². The number of carbonyl (C=O) groups is 2. The normalized spacial score (nSPS) is 13.9. The number of benzene rings is 1. The van der Waals surface area contributed by atoms with Gasteiger partial charge < -0.3 is 8.98 Å². The molecule has 4 rings (SSSR count). The fourth-order valence-electron chi connectivity index (χ4n) is 3.28. The first kappa shape index (κ1) is 19.3. The van der Waals surface area contributed by atoms with Crippen molar-refractivity contribution < 1.29 is 14.0 Å². The van der Waals surface area contributed by atoms with Gasteiger partial charge in [-0.05, 0) is 56.5 Å². The Bertz CT molecular complexity index is 1060. The van der Waals surface area contributed by atoms with Gasteiger partial charge in [-0.2, -0.15) is 0 Å². The zero-order chi connectivity index (χ0) is 20.4. The van der Waals surface area contributed by atoms with Crippen molar-refractivity contribution in [3.8, 4) is 0 Å². The van der Waals surface area contributed by atoms with Crippen LogP contribution >= 0.6 is 11.8 Å². The van der Waals surface area contributed by atoms with Crippen molar-refractivity contribution in [3.63, 3.8) is 0 Å². The number of nitrogens with one attached hydrogen (secondary N) is 2. The number of nitrogens with zero attached hydrogens (tertiary/aromatic N) is 2. The third kappa shape index (κ3) is 4.54. The summed E-state index contributed by atoms with van der Waals surface area (Å²) in [5, 5.41) is 0.415. The fraction of sp³-hybridized carbons (Fsp3) is 0.286. The molecule has 7 nitrogen and oxygen atoms in total. The predicted octanol–water partition coefficient (Wildman–Crippen LogP) is 3.53. The van der Waals surface area contributed by atoms with Crippen LogP contribution in [0.15, 0.2) is 46.0 Å². The van der Waals surface area contributed by atoms with Gasteiger partial charge in [-0.3, -0.25) is 20.4 Å². The number of carbonyl (C=O) groups excluding carboxylic acids is 2. The lowest BCUT2D eigenvalue weighted by atomic mass is 10.2. The molecule has 3 aromatic rings. The zero-order valence-corrected chi connectivity index (χ0v) is 17.1. The minimum Gasteiger partial charge on any atom is -0.431 e. The van der Waals surface area contributed by atoms with Gasteiger partial charge in [-0.25, -0.2) is 4.98 Å². The van der Waals surface area contributed by atoms with E-state index in [1.165, 1.54) is 36.4 Å². The third-order valence-corrected chi connectivity index (χ3v) is 5.60. The Labute approximate surface area is 172 Å². The molecule has 2 amide bonds. The van der Waals surface area contributed by atoms with Gasteiger partial charge in [0.2, 0.25) is 5.91 Å². The summed E-state index contributed by atoms with van der Waals surface area (Å²) in [5.41, 5.74) is 9.59. The van der Waals surface area contributed by atoms with Gasteiger partial charge in [0.1, 0.15) is 5.52 Å². The molecule has 0 bridgehead atoms. The summed E-state index contributed by atoms with van der Waals surface area (Å²) < 4.78 is 7.87. The zero-order valence-electron chi connectivity index (χ0n) is 16.3. The van der Waals surface area contributed by atoms with Crippen molar-refractivity contribution in [1.82, 2.24) is 20.4 Å². The second-order valence-electron chi connectivity index (χ2n) is 7.03. The second-order valence-corrected chi connectivity index (χ2v) is 7.96. The van der Waals surface area contributed by atoms with Crippen LogP contribution in [0.3, 0.4) is 0 Å². The van der Waals surface area contributed by atoms with Crippen LogP contribution in [-0.2, 0) is 9.59 Å². The molecule has 2 N–H and O–H groups in total. The molecule has 1 aliphatic rings. The number of hydrazine groups is 1. The number of para-hydroxylation sites is 2. The average Bonchev–Trinajstić information content (AvgIpc) is 3.37. The Kier molecular flexibility index (Phi) is 5.44. The van der Waals surface area contributed by atoms with E-state index in [9.17, 15) is 9.59 Å². The van der Waals surface area contributed by atoms with Gasteiger partial charge in [0, 0.05) is 23.5 Å². The molecule has 0 spiro atoms. The summed E-state index contributed by atoms with van der Waals surface area (Å²) in [6.07, 6.45) is 5.63. The molecule has 0 unspecified atom stereocenters. The molecule has 0 atom stereocenters. The molecule has 8 heteroatoms. The van der Waals surface area contributed by atoms with E-state index in [2.05, 4.69) is 40.3 Å². The van der Waals surface area contributed by atoms with Crippen LogP contribution in [-0.4, -0.2) is 27.1 Å². The monoisotopic (exact) mass is 410 g/mol. The summed E-state index contributed by atoms with van der Waals surface area (Å²) in [4.78, 5) is 28.2. The Morgan fingerprint density at radius 3 is 2.83 bits per heavy atom. The molecule has 1 aromatic carbocycles. The van der Waals surface area contributed by atoms with Crippen LogP contribution in [0.4, 0.5) is 0 Å². The highest BCUT2D eigenvalue weighted by Crippen LogP contribution is 2.38. The van der Waals surface area contributed by atoms with Gasteiger partial charge in [-0.15, -0.1) is 0 Å². The number of rotatable bonds is 6. The van der Waals surface area contributed by atoms with Crippen LogP contribution < -0.4 is 10.9 Å². The molecule has 29 heavy (non-hydrogen) atoms. The number of thioether (sulfide) groups is 1. The number of hydrogen-bond acceptors (Lipinski definition) is 5. The Balaban J connectivity index is 1.25. The second kappa shape index (κ2) is 8.16. The predicted molar refractivity (Wildman–Crippen MR) is 112 cm³/mol. The van der Waals surface area contributed by atoms with E-state index in [1.54, 1.807) is 6.08 Å². The molecular formula is C21H22N4O3S. The number of hydrogen-bond donors (Lipinski definition) is 2. The smallest absolute Gasteiger partial charge is 0.262 e. The molecule has 1 aliphatic carbocycles. The van der Waals surface area contributed by atoms with Crippen LogP contribution in [0.2, 0.25) is 0 Å². The molecule has 0 saturated heterocycles. The standard InChI is InChI=1S/C21H22N4O3S/c1-13-11-15(14(2)25(13)16-8-9-16)7-10-19(26)23-24-20(27)12-29-21-22-17-5-3-4-6-18(17)28-21/h3-7,10-11,16H,8-9,12H2,1-2H3,(H,23,26)(H,24,27)/b10-7+. The summed E-state index contributed by atoms with van der Waals surface area (Å²) in [7, 11) is 0. The lowest BCUT2D eigenvalue weighted by Gasteiger charge is -2.06. The number of amides is 2. The van der Waals surface area contributed by atoms with Crippen molar-refractivity contribution in [2.75, 3.05) is 5.75 Å². The first-order chi connectivity index (χ1) is 14.0. The first-order valence-corrected chi connectivity index (χ1v) is 10.4. The number of aromatic nitrogens is 2. The third-order valence-electron chi connectivity index (χ3n) is 4.78. The number of oxazole rings is 1. The molecule has 0 aliphatic heterocycles. The Morgan fingerprint density at radius 2 is 2.07 bits per heavy atom. The summed E-state index contributed by atoms with van der Waals surface area (Å²) >= 11 is 1.17. The highest BCUT2D eigenvalue weighted by atomic mass is 32.2. The van der Waals surface area contributed by atoms with Crippen LogP contribution in [0, 0.1) is 13.8 Å². The van der Waals surface area contributed by atoms with Crippen molar-refractivity contribution in [3.05, 3.63) is 53.4 Å². The van der Waals surface area contributed by atoms with E-state index >= 15 is 0 Å². The van der Waals surface area contributed by atoms with E-state index in [0.29, 0.717) is 16.8 Å². The molecular weight excluding hydrogens is 388 g/mol. The molecule has 150 valence electrons. The highest BCUT2D eigenvalue weighted by molar-refractivity contribution is 7.99. The topological polar surface area (TPSA) is 89.2 Å². The van der Waals surface area contributed by atoms with Crippen LogP contribution in [0.25, 0.3) is 17.2 Å². The van der Waals surface area contributed by atoms with Gasteiger partial charge >= 0.3 is 0 Å². The maximum absolute atomic E-state index is 12.0. The highest BCUT2D eigenvalue weighted by Gasteiger charge is 2.26. The van der Waals surface area contributed by atoms with E-state index in [4.69, 9.17) is 4.42 Å². The van der Waals surface area contributed by atoms with E-state index < -0.39 is 0 Å². The van der Waals surface area contributed by atoms with E-state index in [-0.39, 0.29) is 17.6 Å². The van der Waals surface area contributed by atoms with Crippen molar-refractivity contribution in [2.24, 2.45) is 0 Å². The molecule has 2 aromatic heterocycles. The van der Waals surface area contributed by atoms with Gasteiger partial charge in [0.05, 0.1) is 5.75 Å². The summed E-state index contributed by atoms with van der Waals surface area (Å²) in [6, 6.07) is 10.1. The fourth-order valence-corrected chi connectivity index (χ4v) is 3.92.